The highest BCUT2D eigenvalue weighted by Crippen LogP contribution is 2.25. The number of furan rings is 1. The van der Waals surface area contributed by atoms with Crippen LogP contribution in [0, 0.1) is 6.92 Å². The molecular formula is C25H34N2O4. The van der Waals surface area contributed by atoms with Crippen molar-refractivity contribution in [1.29, 1.82) is 0 Å². The first kappa shape index (κ1) is 21.9. The predicted molar refractivity (Wildman–Crippen MR) is 119 cm³/mol. The van der Waals surface area contributed by atoms with Crippen molar-refractivity contribution < 1.29 is 18.7 Å². The molecule has 0 radical (unpaired) electrons. The van der Waals surface area contributed by atoms with Crippen LogP contribution < -0.4 is 10.1 Å². The zero-order chi connectivity index (χ0) is 21.5. The zero-order valence-electron chi connectivity index (χ0n) is 18.5. The van der Waals surface area contributed by atoms with E-state index in [4.69, 9.17) is 13.9 Å². The molecule has 1 atom stereocenters. The number of hydrogen-bond donors (Lipinski definition) is 1. The van der Waals surface area contributed by atoms with E-state index < -0.39 is 0 Å². The summed E-state index contributed by atoms with van der Waals surface area (Å²) < 4.78 is 17.5. The molecule has 4 rings (SSSR count). The standard InChI is InChI=1S/C25H34N2O4/c1-19-9-11-24(30-19)23(27-13-15-29-16-14-27)18-26-25(28)12-10-20-5-4-8-22(17-20)31-21-6-2-3-7-21/h4-5,8-9,11,17,21,23H,2-3,6-7,10,12-16,18H2,1H3,(H,26,28). The summed E-state index contributed by atoms with van der Waals surface area (Å²) in [6.45, 7) is 5.59. The van der Waals surface area contributed by atoms with E-state index in [1.807, 2.05) is 31.2 Å². The van der Waals surface area contributed by atoms with Crippen LogP contribution in [-0.4, -0.2) is 49.8 Å². The molecule has 6 heteroatoms. The molecule has 2 heterocycles. The van der Waals surface area contributed by atoms with Crippen molar-refractivity contribution in [3.8, 4) is 5.75 Å². The number of morpholine rings is 1. The van der Waals surface area contributed by atoms with Gasteiger partial charge in [0.2, 0.25) is 5.91 Å². The smallest absolute Gasteiger partial charge is 0.220 e. The van der Waals surface area contributed by atoms with Gasteiger partial charge in [0, 0.05) is 26.1 Å². The average Bonchev–Trinajstić information content (AvgIpc) is 3.45. The summed E-state index contributed by atoms with van der Waals surface area (Å²) in [5.74, 6) is 2.77. The van der Waals surface area contributed by atoms with Gasteiger partial charge in [0.15, 0.2) is 0 Å². The van der Waals surface area contributed by atoms with Crippen molar-refractivity contribution in [1.82, 2.24) is 10.2 Å². The van der Waals surface area contributed by atoms with Gasteiger partial charge in [-0.3, -0.25) is 9.69 Å². The van der Waals surface area contributed by atoms with Crippen molar-refractivity contribution in [2.45, 2.75) is 57.6 Å². The van der Waals surface area contributed by atoms with Gasteiger partial charge < -0.3 is 19.2 Å². The Morgan fingerprint density at radius 2 is 2.00 bits per heavy atom. The molecule has 0 spiro atoms. The fourth-order valence-corrected chi connectivity index (χ4v) is 4.46. The van der Waals surface area contributed by atoms with Gasteiger partial charge in [0.1, 0.15) is 17.3 Å². The topological polar surface area (TPSA) is 63.9 Å². The highest BCUT2D eigenvalue weighted by atomic mass is 16.5. The first-order chi connectivity index (χ1) is 15.2. The number of nitrogens with one attached hydrogen (secondary N) is 1. The summed E-state index contributed by atoms with van der Waals surface area (Å²) in [6.07, 6.45) is 6.32. The van der Waals surface area contributed by atoms with Crippen LogP contribution in [-0.2, 0) is 16.0 Å². The minimum atomic E-state index is 0.0321. The monoisotopic (exact) mass is 426 g/mol. The zero-order valence-corrected chi connectivity index (χ0v) is 18.5. The summed E-state index contributed by atoms with van der Waals surface area (Å²) in [7, 11) is 0. The van der Waals surface area contributed by atoms with Crippen molar-refractivity contribution in [2.24, 2.45) is 0 Å². The van der Waals surface area contributed by atoms with Crippen LogP contribution in [0.3, 0.4) is 0 Å². The summed E-state index contributed by atoms with van der Waals surface area (Å²) in [6, 6.07) is 12.2. The molecule has 1 saturated heterocycles. The van der Waals surface area contributed by atoms with E-state index in [0.29, 0.717) is 38.7 Å². The first-order valence-corrected chi connectivity index (χ1v) is 11.6. The number of aryl methyl sites for hydroxylation is 2. The fourth-order valence-electron chi connectivity index (χ4n) is 4.46. The van der Waals surface area contributed by atoms with Crippen LogP contribution in [0.2, 0.25) is 0 Å². The van der Waals surface area contributed by atoms with Gasteiger partial charge in [-0.1, -0.05) is 12.1 Å². The Balaban J connectivity index is 1.28. The maximum Gasteiger partial charge on any atom is 0.220 e. The van der Waals surface area contributed by atoms with E-state index in [2.05, 4.69) is 22.3 Å². The molecule has 2 fully saturated rings. The third-order valence-corrected chi connectivity index (χ3v) is 6.21. The van der Waals surface area contributed by atoms with Crippen LogP contribution in [0.4, 0.5) is 0 Å². The fraction of sp³-hybridized carbons (Fsp3) is 0.560. The molecule has 168 valence electrons. The normalized spacial score (nSPS) is 18.7. The van der Waals surface area contributed by atoms with Gasteiger partial charge in [-0.25, -0.2) is 0 Å². The first-order valence-electron chi connectivity index (χ1n) is 11.6. The van der Waals surface area contributed by atoms with Gasteiger partial charge in [-0.2, -0.15) is 0 Å². The SMILES string of the molecule is Cc1ccc(C(CNC(=O)CCc2cccc(OC3CCCC3)c2)N2CCOCC2)o1. The molecule has 0 bridgehead atoms. The molecule has 1 amide bonds. The molecule has 1 N–H and O–H groups in total. The lowest BCUT2D eigenvalue weighted by Gasteiger charge is -2.33. The molecular weight excluding hydrogens is 392 g/mol. The summed E-state index contributed by atoms with van der Waals surface area (Å²) in [4.78, 5) is 14.9. The quantitative estimate of drug-likeness (QED) is 0.656. The molecule has 31 heavy (non-hydrogen) atoms. The second-order valence-electron chi connectivity index (χ2n) is 8.59. The number of carbonyl (C=O) groups is 1. The molecule has 1 aliphatic heterocycles. The summed E-state index contributed by atoms with van der Waals surface area (Å²) in [5.41, 5.74) is 1.14. The van der Waals surface area contributed by atoms with E-state index >= 15 is 0 Å². The van der Waals surface area contributed by atoms with Crippen LogP contribution in [0.15, 0.2) is 40.8 Å². The molecule has 2 aromatic rings. The highest BCUT2D eigenvalue weighted by Gasteiger charge is 2.25. The highest BCUT2D eigenvalue weighted by molar-refractivity contribution is 5.76. The number of benzene rings is 1. The molecule has 1 aromatic heterocycles. The lowest BCUT2D eigenvalue weighted by molar-refractivity contribution is -0.121. The Bertz CT molecular complexity index is 838. The van der Waals surface area contributed by atoms with Crippen molar-refractivity contribution in [2.75, 3.05) is 32.8 Å². The van der Waals surface area contributed by atoms with Crippen LogP contribution >= 0.6 is 0 Å². The van der Waals surface area contributed by atoms with E-state index in [9.17, 15) is 4.79 Å². The molecule has 2 aliphatic rings. The maximum atomic E-state index is 12.6. The number of amides is 1. The Kier molecular flexibility index (Phi) is 7.65. The second-order valence-corrected chi connectivity index (χ2v) is 8.59. The molecule has 1 aliphatic carbocycles. The van der Waals surface area contributed by atoms with E-state index in [1.165, 1.54) is 12.8 Å². The lowest BCUT2D eigenvalue weighted by atomic mass is 10.1. The lowest BCUT2D eigenvalue weighted by Crippen LogP contribution is -2.43. The second kappa shape index (κ2) is 10.8. The van der Waals surface area contributed by atoms with Gasteiger partial charge in [0.25, 0.3) is 0 Å². The van der Waals surface area contributed by atoms with Crippen molar-refractivity contribution in [3.05, 3.63) is 53.5 Å². The van der Waals surface area contributed by atoms with Gasteiger partial charge in [-0.15, -0.1) is 0 Å². The molecule has 1 saturated carbocycles. The Morgan fingerprint density at radius 3 is 2.74 bits per heavy atom. The third kappa shape index (κ3) is 6.34. The third-order valence-electron chi connectivity index (χ3n) is 6.21. The predicted octanol–water partition coefficient (Wildman–Crippen LogP) is 4.03. The Hall–Kier alpha value is -2.31. The van der Waals surface area contributed by atoms with Crippen molar-refractivity contribution in [3.63, 3.8) is 0 Å². The van der Waals surface area contributed by atoms with Gasteiger partial charge >= 0.3 is 0 Å². The van der Waals surface area contributed by atoms with E-state index in [1.54, 1.807) is 0 Å². The Labute approximate surface area is 184 Å². The van der Waals surface area contributed by atoms with Crippen molar-refractivity contribution >= 4 is 5.91 Å². The largest absolute Gasteiger partial charge is 0.490 e. The number of carbonyl (C=O) groups excluding carboxylic acids is 1. The van der Waals surface area contributed by atoms with Gasteiger partial charge in [-0.05, 0) is 68.9 Å². The number of hydrogen-bond acceptors (Lipinski definition) is 5. The van der Waals surface area contributed by atoms with Crippen LogP contribution in [0.1, 0.15) is 55.2 Å². The molecule has 1 aromatic carbocycles. The average molecular weight is 427 g/mol. The molecule has 6 nitrogen and oxygen atoms in total. The number of nitrogens with zero attached hydrogens (tertiary/aromatic N) is 1. The summed E-state index contributed by atoms with van der Waals surface area (Å²) in [5, 5.41) is 3.12. The summed E-state index contributed by atoms with van der Waals surface area (Å²) >= 11 is 0. The minimum absolute atomic E-state index is 0.0321. The Morgan fingerprint density at radius 1 is 1.19 bits per heavy atom. The molecule has 1 unspecified atom stereocenters. The maximum absolute atomic E-state index is 12.6. The van der Waals surface area contributed by atoms with Crippen LogP contribution in [0.25, 0.3) is 0 Å². The van der Waals surface area contributed by atoms with E-state index in [0.717, 1.165) is 48.8 Å². The minimum Gasteiger partial charge on any atom is -0.490 e. The number of ether oxygens (including phenoxy) is 2. The number of rotatable bonds is 9. The van der Waals surface area contributed by atoms with E-state index in [-0.39, 0.29) is 11.9 Å². The van der Waals surface area contributed by atoms with Crippen LogP contribution in [0.5, 0.6) is 5.75 Å². The van der Waals surface area contributed by atoms with Gasteiger partial charge in [0.05, 0.1) is 25.4 Å².